The van der Waals surface area contributed by atoms with Crippen molar-refractivity contribution >= 4 is 39.2 Å². The molecule has 1 amide bonds. The monoisotopic (exact) mass is 386 g/mol. The average molecular weight is 387 g/mol. The smallest absolute Gasteiger partial charge is 0.267 e. The summed E-state index contributed by atoms with van der Waals surface area (Å²) < 4.78 is 1.60. The van der Waals surface area contributed by atoms with Crippen LogP contribution in [-0.4, -0.2) is 39.7 Å². The number of thiophene rings is 1. The number of carbonyl (C=O) groups excluding carboxylic acids is 1. The van der Waals surface area contributed by atoms with E-state index in [0.29, 0.717) is 10.5 Å². The van der Waals surface area contributed by atoms with Crippen molar-refractivity contribution in [1.29, 1.82) is 0 Å². The second-order valence-corrected chi connectivity index (χ2v) is 8.32. The van der Waals surface area contributed by atoms with E-state index in [1.165, 1.54) is 16.6 Å². The summed E-state index contributed by atoms with van der Waals surface area (Å²) in [7, 11) is 2.08. The molecule has 26 heavy (non-hydrogen) atoms. The Labute approximate surface area is 158 Å². The topological polar surface area (TPSA) is 81.2 Å². The molecule has 3 aromatic rings. The Kier molecular flexibility index (Phi) is 4.56. The van der Waals surface area contributed by atoms with E-state index in [1.54, 1.807) is 15.9 Å². The van der Waals surface area contributed by atoms with Crippen LogP contribution in [0.3, 0.4) is 0 Å². The summed E-state index contributed by atoms with van der Waals surface area (Å²) >= 11 is 2.77. The second kappa shape index (κ2) is 6.86. The standard InChI is InChI=1S/C18H18N4O2S2/c1-21-8-7-12-13(9-21)26-16-15(12)17(24)22(11-5-3-2-4-6-11)18(20-16)25-10-14(19)23/h2-6H,7-10H2,1H3,(H2,19,23). The molecule has 0 unspecified atom stereocenters. The molecule has 8 heteroatoms. The van der Waals surface area contributed by atoms with Gasteiger partial charge in [-0.05, 0) is 31.2 Å². The highest BCUT2D eigenvalue weighted by atomic mass is 32.2. The molecule has 1 aliphatic rings. The molecule has 0 atom stereocenters. The first kappa shape index (κ1) is 17.3. The largest absolute Gasteiger partial charge is 0.369 e. The van der Waals surface area contributed by atoms with Gasteiger partial charge in [-0.1, -0.05) is 30.0 Å². The number of likely N-dealkylation sites (N-methyl/N-ethyl adjacent to an activating group) is 1. The van der Waals surface area contributed by atoms with Gasteiger partial charge in [0.1, 0.15) is 4.83 Å². The molecule has 0 fully saturated rings. The fraction of sp³-hybridized carbons (Fsp3) is 0.278. The van der Waals surface area contributed by atoms with Gasteiger partial charge in [-0.2, -0.15) is 0 Å². The number of rotatable bonds is 4. The van der Waals surface area contributed by atoms with Crippen LogP contribution in [0.15, 0.2) is 40.3 Å². The van der Waals surface area contributed by atoms with Gasteiger partial charge in [0.15, 0.2) is 5.16 Å². The molecule has 0 aliphatic carbocycles. The molecule has 4 rings (SSSR count). The Bertz CT molecular complexity index is 1040. The molecule has 1 aliphatic heterocycles. The Morgan fingerprint density at radius 2 is 2.12 bits per heavy atom. The van der Waals surface area contributed by atoms with Gasteiger partial charge in [0.05, 0.1) is 16.8 Å². The molecule has 6 nitrogen and oxygen atoms in total. The SMILES string of the molecule is CN1CCc2c(sc3nc(SCC(N)=O)n(-c4ccccc4)c(=O)c23)C1. The molecule has 0 saturated carbocycles. The minimum atomic E-state index is -0.434. The summed E-state index contributed by atoms with van der Waals surface area (Å²) in [5, 5.41) is 1.21. The molecule has 0 saturated heterocycles. The maximum atomic E-state index is 13.4. The molecule has 3 heterocycles. The number of aromatic nitrogens is 2. The molecular formula is C18H18N4O2S2. The van der Waals surface area contributed by atoms with Crippen molar-refractivity contribution in [2.24, 2.45) is 5.73 Å². The number of amides is 1. The van der Waals surface area contributed by atoms with Crippen LogP contribution >= 0.6 is 23.1 Å². The zero-order valence-electron chi connectivity index (χ0n) is 14.3. The van der Waals surface area contributed by atoms with Gasteiger partial charge in [0, 0.05) is 18.0 Å². The summed E-state index contributed by atoms with van der Waals surface area (Å²) in [6, 6.07) is 9.41. The third kappa shape index (κ3) is 3.04. The minimum Gasteiger partial charge on any atom is -0.369 e. The van der Waals surface area contributed by atoms with Gasteiger partial charge >= 0.3 is 0 Å². The van der Waals surface area contributed by atoms with E-state index in [0.717, 1.165) is 35.6 Å². The molecule has 1 aromatic carbocycles. The second-order valence-electron chi connectivity index (χ2n) is 6.30. The quantitative estimate of drug-likeness (QED) is 0.548. The van der Waals surface area contributed by atoms with Crippen LogP contribution in [0.5, 0.6) is 0 Å². The van der Waals surface area contributed by atoms with Crippen molar-refractivity contribution in [2.75, 3.05) is 19.3 Å². The Morgan fingerprint density at radius 1 is 1.35 bits per heavy atom. The number of hydrogen-bond acceptors (Lipinski definition) is 6. The first-order valence-corrected chi connectivity index (χ1v) is 10.1. The van der Waals surface area contributed by atoms with Crippen LogP contribution in [0.2, 0.25) is 0 Å². The number of nitrogens with two attached hydrogens (primary N) is 1. The van der Waals surface area contributed by atoms with Crippen molar-refractivity contribution in [3.63, 3.8) is 0 Å². The number of fused-ring (bicyclic) bond motifs is 3. The summed E-state index contributed by atoms with van der Waals surface area (Å²) in [4.78, 5) is 33.6. The Balaban J connectivity index is 1.96. The van der Waals surface area contributed by atoms with Crippen LogP contribution in [0.1, 0.15) is 10.4 Å². The van der Waals surface area contributed by atoms with E-state index in [1.807, 2.05) is 30.3 Å². The molecular weight excluding hydrogens is 368 g/mol. The average Bonchev–Trinajstić information content (AvgIpc) is 2.98. The number of primary amides is 1. The lowest BCUT2D eigenvalue weighted by molar-refractivity contribution is -0.115. The lowest BCUT2D eigenvalue weighted by Crippen LogP contribution is -2.27. The highest BCUT2D eigenvalue weighted by Gasteiger charge is 2.24. The van der Waals surface area contributed by atoms with E-state index in [4.69, 9.17) is 10.7 Å². The van der Waals surface area contributed by atoms with Crippen molar-refractivity contribution in [2.45, 2.75) is 18.1 Å². The lowest BCUT2D eigenvalue weighted by Gasteiger charge is -2.21. The summed E-state index contributed by atoms with van der Waals surface area (Å²) in [6.45, 7) is 1.77. The molecule has 2 aromatic heterocycles. The van der Waals surface area contributed by atoms with Gasteiger partial charge in [-0.15, -0.1) is 11.3 Å². The normalized spacial score (nSPS) is 14.5. The van der Waals surface area contributed by atoms with Crippen molar-refractivity contribution in [3.8, 4) is 5.69 Å². The number of thioether (sulfide) groups is 1. The van der Waals surface area contributed by atoms with Crippen molar-refractivity contribution < 1.29 is 4.79 Å². The van der Waals surface area contributed by atoms with Crippen LogP contribution in [0, 0.1) is 0 Å². The lowest BCUT2D eigenvalue weighted by atomic mass is 10.1. The predicted molar refractivity (Wildman–Crippen MR) is 105 cm³/mol. The fourth-order valence-corrected chi connectivity index (χ4v) is 5.28. The van der Waals surface area contributed by atoms with Gasteiger partial charge < -0.3 is 10.6 Å². The third-order valence-corrected chi connectivity index (χ3v) is 6.46. The molecule has 0 radical (unpaired) electrons. The van der Waals surface area contributed by atoms with Crippen molar-refractivity contribution in [1.82, 2.24) is 14.5 Å². The van der Waals surface area contributed by atoms with E-state index in [-0.39, 0.29) is 11.3 Å². The van der Waals surface area contributed by atoms with Crippen LogP contribution in [0.4, 0.5) is 0 Å². The molecule has 134 valence electrons. The van der Waals surface area contributed by atoms with Crippen LogP contribution in [0.25, 0.3) is 15.9 Å². The summed E-state index contributed by atoms with van der Waals surface area (Å²) in [6.07, 6.45) is 0.852. The highest BCUT2D eigenvalue weighted by Crippen LogP contribution is 2.33. The Morgan fingerprint density at radius 3 is 2.85 bits per heavy atom. The van der Waals surface area contributed by atoms with Gasteiger partial charge in [-0.3, -0.25) is 14.2 Å². The maximum Gasteiger partial charge on any atom is 0.267 e. The van der Waals surface area contributed by atoms with Gasteiger partial charge in [0.2, 0.25) is 5.91 Å². The third-order valence-electron chi connectivity index (χ3n) is 4.39. The fourth-order valence-electron chi connectivity index (χ4n) is 3.19. The number of hydrogen-bond donors (Lipinski definition) is 1. The Hall–Kier alpha value is -2.16. The van der Waals surface area contributed by atoms with E-state index >= 15 is 0 Å². The van der Waals surface area contributed by atoms with E-state index in [9.17, 15) is 9.59 Å². The number of nitrogens with zero attached hydrogens (tertiary/aromatic N) is 3. The number of benzene rings is 1. The molecule has 0 bridgehead atoms. The van der Waals surface area contributed by atoms with Crippen LogP contribution in [-0.2, 0) is 17.8 Å². The zero-order chi connectivity index (χ0) is 18.3. The highest BCUT2D eigenvalue weighted by molar-refractivity contribution is 7.99. The van der Waals surface area contributed by atoms with Crippen molar-refractivity contribution in [3.05, 3.63) is 51.1 Å². The molecule has 0 spiro atoms. The van der Waals surface area contributed by atoms with E-state index in [2.05, 4.69) is 11.9 Å². The minimum absolute atomic E-state index is 0.0739. The number of carbonyl (C=O) groups is 1. The summed E-state index contributed by atoms with van der Waals surface area (Å²) in [5.41, 5.74) is 7.09. The molecule has 2 N–H and O–H groups in total. The summed E-state index contributed by atoms with van der Waals surface area (Å²) in [5.74, 6) is -0.352. The number of para-hydroxylation sites is 1. The predicted octanol–water partition coefficient (Wildman–Crippen LogP) is 2.01. The first-order chi connectivity index (χ1) is 12.5. The van der Waals surface area contributed by atoms with Gasteiger partial charge in [0.25, 0.3) is 5.56 Å². The first-order valence-electron chi connectivity index (χ1n) is 8.27. The van der Waals surface area contributed by atoms with Crippen LogP contribution < -0.4 is 11.3 Å². The maximum absolute atomic E-state index is 13.4. The van der Waals surface area contributed by atoms with E-state index < -0.39 is 5.91 Å². The van der Waals surface area contributed by atoms with Gasteiger partial charge in [-0.25, -0.2) is 4.98 Å². The zero-order valence-corrected chi connectivity index (χ0v) is 15.9.